The number of halogens is 1. The maximum Gasteiger partial charge on any atom is 0.214 e. The summed E-state index contributed by atoms with van der Waals surface area (Å²) >= 11 is 0. The van der Waals surface area contributed by atoms with Crippen LogP contribution in [0.4, 0.5) is 4.39 Å². The van der Waals surface area contributed by atoms with E-state index in [0.717, 1.165) is 5.56 Å². The summed E-state index contributed by atoms with van der Waals surface area (Å²) in [6.45, 7) is 4.12. The Morgan fingerprint density at radius 2 is 1.95 bits per heavy atom. The van der Waals surface area contributed by atoms with Crippen molar-refractivity contribution >= 4 is 10.0 Å². The molecule has 1 aliphatic rings. The number of hydrogen-bond donors (Lipinski definition) is 0. The quantitative estimate of drug-likeness (QED) is 0.853. The van der Waals surface area contributed by atoms with Crippen molar-refractivity contribution in [3.05, 3.63) is 35.6 Å². The van der Waals surface area contributed by atoms with E-state index in [4.69, 9.17) is 4.74 Å². The van der Waals surface area contributed by atoms with Crippen LogP contribution in [0.3, 0.4) is 0 Å². The second-order valence-corrected chi connectivity index (χ2v) is 6.96. The second kappa shape index (κ2) is 5.56. The molecule has 1 saturated heterocycles. The standard InChI is InChI=1S/C13H18FNO3S/c1-3-19(16,17)15-8-10(2)18-13(9-15)11-4-6-12(14)7-5-11/h4-7,10,13H,3,8-9H2,1-2H3. The Morgan fingerprint density at radius 3 is 2.53 bits per heavy atom. The zero-order chi connectivity index (χ0) is 14.0. The molecule has 0 spiro atoms. The molecule has 1 aromatic rings. The maximum absolute atomic E-state index is 12.9. The van der Waals surface area contributed by atoms with Crippen molar-refractivity contribution in [3.8, 4) is 0 Å². The SMILES string of the molecule is CCS(=O)(=O)N1CC(C)OC(c2ccc(F)cc2)C1. The minimum atomic E-state index is -3.22. The van der Waals surface area contributed by atoms with Gasteiger partial charge in [-0.15, -0.1) is 0 Å². The van der Waals surface area contributed by atoms with Crippen LogP contribution in [0.15, 0.2) is 24.3 Å². The highest BCUT2D eigenvalue weighted by atomic mass is 32.2. The highest BCUT2D eigenvalue weighted by Crippen LogP contribution is 2.26. The average molecular weight is 287 g/mol. The van der Waals surface area contributed by atoms with Crippen molar-refractivity contribution in [2.45, 2.75) is 26.1 Å². The summed E-state index contributed by atoms with van der Waals surface area (Å²) in [6.07, 6.45) is -0.518. The molecule has 1 aromatic carbocycles. The van der Waals surface area contributed by atoms with Crippen molar-refractivity contribution < 1.29 is 17.5 Å². The largest absolute Gasteiger partial charge is 0.368 e. The van der Waals surface area contributed by atoms with Gasteiger partial charge in [-0.1, -0.05) is 12.1 Å². The van der Waals surface area contributed by atoms with Gasteiger partial charge in [0.05, 0.1) is 18.0 Å². The molecule has 0 bridgehead atoms. The van der Waals surface area contributed by atoms with E-state index in [1.54, 1.807) is 19.1 Å². The van der Waals surface area contributed by atoms with E-state index in [0.29, 0.717) is 6.54 Å². The van der Waals surface area contributed by atoms with Crippen LogP contribution < -0.4 is 0 Å². The van der Waals surface area contributed by atoms with Crippen LogP contribution in [0.25, 0.3) is 0 Å². The van der Waals surface area contributed by atoms with Crippen molar-refractivity contribution in [3.63, 3.8) is 0 Å². The van der Waals surface area contributed by atoms with Gasteiger partial charge in [0.25, 0.3) is 0 Å². The van der Waals surface area contributed by atoms with Crippen LogP contribution in [-0.4, -0.2) is 37.7 Å². The normalized spacial score (nSPS) is 25.4. The Hall–Kier alpha value is -0.980. The van der Waals surface area contributed by atoms with Gasteiger partial charge in [-0.3, -0.25) is 0 Å². The predicted octanol–water partition coefficient (Wildman–Crippen LogP) is 1.94. The van der Waals surface area contributed by atoms with Gasteiger partial charge in [0.2, 0.25) is 10.0 Å². The second-order valence-electron chi connectivity index (χ2n) is 4.70. The van der Waals surface area contributed by atoms with Crippen LogP contribution in [-0.2, 0) is 14.8 Å². The number of hydrogen-bond acceptors (Lipinski definition) is 3. The monoisotopic (exact) mass is 287 g/mol. The van der Waals surface area contributed by atoms with E-state index in [-0.39, 0.29) is 30.3 Å². The lowest BCUT2D eigenvalue weighted by Gasteiger charge is -2.36. The first-order valence-corrected chi connectivity index (χ1v) is 7.92. The summed E-state index contributed by atoms with van der Waals surface area (Å²) in [5, 5.41) is 0. The Labute approximate surface area is 113 Å². The summed E-state index contributed by atoms with van der Waals surface area (Å²) in [5.74, 6) is -0.235. The van der Waals surface area contributed by atoms with Gasteiger partial charge in [-0.25, -0.2) is 12.8 Å². The summed E-state index contributed by atoms with van der Waals surface area (Å²) in [5.41, 5.74) is 0.796. The summed E-state index contributed by atoms with van der Waals surface area (Å²) < 4.78 is 44.0. The number of sulfonamides is 1. The maximum atomic E-state index is 12.9. The third-order valence-electron chi connectivity index (χ3n) is 3.23. The molecule has 0 radical (unpaired) electrons. The molecule has 2 unspecified atom stereocenters. The fraction of sp³-hybridized carbons (Fsp3) is 0.538. The van der Waals surface area contributed by atoms with Crippen LogP contribution >= 0.6 is 0 Å². The highest BCUT2D eigenvalue weighted by molar-refractivity contribution is 7.89. The molecule has 0 N–H and O–H groups in total. The van der Waals surface area contributed by atoms with Gasteiger partial charge < -0.3 is 4.74 Å². The van der Waals surface area contributed by atoms with E-state index >= 15 is 0 Å². The Bertz CT molecular complexity index is 529. The minimum Gasteiger partial charge on any atom is -0.368 e. The third-order valence-corrected chi connectivity index (χ3v) is 5.04. The number of morpholine rings is 1. The Kier molecular flexibility index (Phi) is 4.23. The van der Waals surface area contributed by atoms with E-state index < -0.39 is 10.0 Å². The van der Waals surface area contributed by atoms with E-state index in [9.17, 15) is 12.8 Å². The molecule has 0 aromatic heterocycles. The molecule has 19 heavy (non-hydrogen) atoms. The molecule has 2 atom stereocenters. The first-order chi connectivity index (χ1) is 8.92. The molecular formula is C13H18FNO3S. The van der Waals surface area contributed by atoms with Gasteiger partial charge in [-0.2, -0.15) is 4.31 Å². The van der Waals surface area contributed by atoms with Gasteiger partial charge >= 0.3 is 0 Å². The zero-order valence-corrected chi connectivity index (χ0v) is 11.9. The first-order valence-electron chi connectivity index (χ1n) is 6.31. The topological polar surface area (TPSA) is 46.6 Å². The van der Waals surface area contributed by atoms with Gasteiger partial charge in [-0.05, 0) is 31.5 Å². The number of rotatable bonds is 3. The molecule has 1 fully saturated rings. The average Bonchev–Trinajstić information content (AvgIpc) is 2.39. The smallest absolute Gasteiger partial charge is 0.214 e. The molecule has 0 aliphatic carbocycles. The first kappa shape index (κ1) is 14.4. The predicted molar refractivity (Wildman–Crippen MR) is 70.7 cm³/mol. The number of ether oxygens (including phenoxy) is 1. The van der Waals surface area contributed by atoms with E-state index in [1.165, 1.54) is 16.4 Å². The van der Waals surface area contributed by atoms with Crippen LogP contribution in [0, 0.1) is 5.82 Å². The molecular weight excluding hydrogens is 269 g/mol. The Balaban J connectivity index is 2.21. The number of benzene rings is 1. The van der Waals surface area contributed by atoms with Crippen molar-refractivity contribution in [2.75, 3.05) is 18.8 Å². The minimum absolute atomic E-state index is 0.0792. The van der Waals surface area contributed by atoms with Crippen molar-refractivity contribution in [1.82, 2.24) is 4.31 Å². The van der Waals surface area contributed by atoms with Crippen LogP contribution in [0.2, 0.25) is 0 Å². The Morgan fingerprint density at radius 1 is 1.32 bits per heavy atom. The van der Waals surface area contributed by atoms with Gasteiger partial charge in [0.1, 0.15) is 5.82 Å². The number of nitrogens with zero attached hydrogens (tertiary/aromatic N) is 1. The van der Waals surface area contributed by atoms with Crippen molar-refractivity contribution in [2.24, 2.45) is 0 Å². The summed E-state index contributed by atoms with van der Waals surface area (Å²) in [4.78, 5) is 0. The highest BCUT2D eigenvalue weighted by Gasteiger charge is 2.32. The summed E-state index contributed by atoms with van der Waals surface area (Å²) in [7, 11) is -3.22. The molecule has 2 rings (SSSR count). The van der Waals surface area contributed by atoms with Crippen LogP contribution in [0.1, 0.15) is 25.5 Å². The summed E-state index contributed by atoms with van der Waals surface area (Å²) in [6, 6.07) is 5.98. The molecule has 106 valence electrons. The van der Waals surface area contributed by atoms with Gasteiger partial charge in [0.15, 0.2) is 0 Å². The lowest BCUT2D eigenvalue weighted by molar-refractivity contribution is -0.0556. The van der Waals surface area contributed by atoms with Crippen LogP contribution in [0.5, 0.6) is 0 Å². The molecule has 1 heterocycles. The molecule has 6 heteroatoms. The zero-order valence-electron chi connectivity index (χ0n) is 11.0. The van der Waals surface area contributed by atoms with E-state index in [2.05, 4.69) is 0 Å². The lowest BCUT2D eigenvalue weighted by Crippen LogP contribution is -2.46. The molecule has 0 amide bonds. The fourth-order valence-corrected chi connectivity index (χ4v) is 3.35. The third kappa shape index (κ3) is 3.32. The molecule has 1 aliphatic heterocycles. The lowest BCUT2D eigenvalue weighted by atomic mass is 10.1. The molecule has 4 nitrogen and oxygen atoms in total. The fourth-order valence-electron chi connectivity index (χ4n) is 2.18. The van der Waals surface area contributed by atoms with E-state index in [1.807, 2.05) is 6.92 Å². The molecule has 0 saturated carbocycles. The van der Waals surface area contributed by atoms with Gasteiger partial charge in [0, 0.05) is 13.1 Å². The van der Waals surface area contributed by atoms with Crippen molar-refractivity contribution in [1.29, 1.82) is 0 Å².